The van der Waals surface area contributed by atoms with Gasteiger partial charge >= 0.3 is 0 Å². The van der Waals surface area contributed by atoms with Gasteiger partial charge in [-0.25, -0.2) is 0 Å². The highest BCUT2D eigenvalue weighted by Gasteiger charge is 2.09. The Labute approximate surface area is 140 Å². The first-order chi connectivity index (χ1) is 11.5. The quantitative estimate of drug-likeness (QED) is 0.590. The Morgan fingerprint density at radius 2 is 1.25 bits per heavy atom. The molecule has 0 radical (unpaired) electrons. The van der Waals surface area contributed by atoms with Crippen LogP contribution in [0.1, 0.15) is 16.7 Å². The molecule has 0 aliphatic carbocycles. The van der Waals surface area contributed by atoms with Gasteiger partial charge in [0.25, 0.3) is 0 Å². The second-order valence-electron chi connectivity index (χ2n) is 5.48. The van der Waals surface area contributed by atoms with E-state index in [-0.39, 0.29) is 17.2 Å². The molecule has 118 valence electrons. The van der Waals surface area contributed by atoms with E-state index >= 15 is 0 Å². The van der Waals surface area contributed by atoms with Crippen molar-refractivity contribution in [2.24, 2.45) is 0 Å². The van der Waals surface area contributed by atoms with E-state index in [0.29, 0.717) is 5.56 Å². The molecule has 0 bridgehead atoms. The van der Waals surface area contributed by atoms with Crippen LogP contribution in [0.3, 0.4) is 0 Å². The standard InChI is InChI=1S/C21H16O3/c1-14-19(16-5-9-18(23)10-6-16)12-13-21(24)20(14)11-4-15-2-7-17(22)8-3-15/h2-3,5-10,12-13,22-24H,1H3. The minimum absolute atomic E-state index is 0.126. The molecule has 0 saturated carbocycles. The van der Waals surface area contributed by atoms with Gasteiger partial charge in [-0.3, -0.25) is 0 Å². The molecule has 3 N–H and O–H groups in total. The summed E-state index contributed by atoms with van der Waals surface area (Å²) in [6, 6.07) is 17.0. The molecule has 0 aromatic heterocycles. The molecule has 0 amide bonds. The van der Waals surface area contributed by atoms with E-state index in [1.807, 2.05) is 25.1 Å². The summed E-state index contributed by atoms with van der Waals surface area (Å²) in [5.74, 6) is 6.53. The van der Waals surface area contributed by atoms with Gasteiger partial charge < -0.3 is 15.3 Å². The predicted molar refractivity (Wildman–Crippen MR) is 94.0 cm³/mol. The van der Waals surface area contributed by atoms with E-state index < -0.39 is 0 Å². The Balaban J connectivity index is 2.04. The summed E-state index contributed by atoms with van der Waals surface area (Å²) < 4.78 is 0. The molecule has 3 rings (SSSR count). The summed E-state index contributed by atoms with van der Waals surface area (Å²) in [6.07, 6.45) is 0. The SMILES string of the molecule is Cc1c(-c2ccc(O)cc2)ccc(O)c1C#Cc1ccc(O)cc1. The minimum atomic E-state index is 0.126. The van der Waals surface area contributed by atoms with Crippen molar-refractivity contribution in [3.63, 3.8) is 0 Å². The third-order valence-corrected chi connectivity index (χ3v) is 3.82. The zero-order chi connectivity index (χ0) is 17.1. The Morgan fingerprint density at radius 1 is 0.667 bits per heavy atom. The number of phenolic OH excluding ortho intramolecular Hbond substituents is 3. The van der Waals surface area contributed by atoms with Crippen molar-refractivity contribution < 1.29 is 15.3 Å². The number of hydrogen-bond donors (Lipinski definition) is 3. The smallest absolute Gasteiger partial charge is 0.131 e. The van der Waals surface area contributed by atoms with Gasteiger partial charge in [0.15, 0.2) is 0 Å². The molecular formula is C21H16O3. The number of aromatic hydroxyl groups is 3. The van der Waals surface area contributed by atoms with Gasteiger partial charge in [-0.1, -0.05) is 30.0 Å². The largest absolute Gasteiger partial charge is 0.508 e. The lowest BCUT2D eigenvalue weighted by molar-refractivity contribution is 0.473. The molecule has 0 unspecified atom stereocenters. The maximum absolute atomic E-state index is 10.1. The lowest BCUT2D eigenvalue weighted by Gasteiger charge is -2.10. The summed E-state index contributed by atoms with van der Waals surface area (Å²) in [5, 5.41) is 28.9. The monoisotopic (exact) mass is 316 g/mol. The zero-order valence-corrected chi connectivity index (χ0v) is 13.1. The van der Waals surface area contributed by atoms with Crippen LogP contribution in [0.5, 0.6) is 17.2 Å². The summed E-state index contributed by atoms with van der Waals surface area (Å²) in [5.41, 5.74) is 4.07. The summed E-state index contributed by atoms with van der Waals surface area (Å²) >= 11 is 0. The number of rotatable bonds is 1. The van der Waals surface area contributed by atoms with Gasteiger partial charge in [-0.05, 0) is 66.1 Å². The fraction of sp³-hybridized carbons (Fsp3) is 0.0476. The van der Waals surface area contributed by atoms with E-state index in [0.717, 1.165) is 22.3 Å². The third-order valence-electron chi connectivity index (χ3n) is 3.82. The van der Waals surface area contributed by atoms with E-state index in [1.54, 1.807) is 42.5 Å². The summed E-state index contributed by atoms with van der Waals surface area (Å²) in [4.78, 5) is 0. The van der Waals surface area contributed by atoms with Crippen LogP contribution in [-0.2, 0) is 0 Å². The van der Waals surface area contributed by atoms with Crippen molar-refractivity contribution in [2.75, 3.05) is 0 Å². The minimum Gasteiger partial charge on any atom is -0.508 e. The van der Waals surface area contributed by atoms with Crippen LogP contribution < -0.4 is 0 Å². The maximum atomic E-state index is 10.1. The van der Waals surface area contributed by atoms with Crippen molar-refractivity contribution in [3.8, 4) is 40.2 Å². The van der Waals surface area contributed by atoms with Crippen LogP contribution in [0, 0.1) is 18.8 Å². The Morgan fingerprint density at radius 3 is 1.88 bits per heavy atom. The Kier molecular flexibility index (Phi) is 4.13. The highest BCUT2D eigenvalue weighted by atomic mass is 16.3. The van der Waals surface area contributed by atoms with Crippen LogP contribution in [-0.4, -0.2) is 15.3 Å². The molecular weight excluding hydrogens is 300 g/mol. The second-order valence-corrected chi connectivity index (χ2v) is 5.48. The molecule has 3 aromatic rings. The molecule has 24 heavy (non-hydrogen) atoms. The van der Waals surface area contributed by atoms with Crippen LogP contribution in [0.15, 0.2) is 60.7 Å². The van der Waals surface area contributed by atoms with Gasteiger partial charge in [0.1, 0.15) is 17.2 Å². The van der Waals surface area contributed by atoms with E-state index in [4.69, 9.17) is 0 Å². The predicted octanol–water partition coefficient (Wildman–Crippen LogP) is 4.18. The molecule has 0 atom stereocenters. The first-order valence-corrected chi connectivity index (χ1v) is 7.47. The lowest BCUT2D eigenvalue weighted by atomic mass is 9.95. The fourth-order valence-electron chi connectivity index (χ4n) is 2.49. The van der Waals surface area contributed by atoms with E-state index in [2.05, 4.69) is 11.8 Å². The molecule has 0 aliphatic heterocycles. The second kappa shape index (κ2) is 6.39. The zero-order valence-electron chi connectivity index (χ0n) is 13.1. The highest BCUT2D eigenvalue weighted by molar-refractivity contribution is 5.73. The van der Waals surface area contributed by atoms with Gasteiger partial charge in [0.05, 0.1) is 5.56 Å². The number of phenols is 3. The average molecular weight is 316 g/mol. The van der Waals surface area contributed by atoms with E-state index in [1.165, 1.54) is 0 Å². The van der Waals surface area contributed by atoms with E-state index in [9.17, 15) is 15.3 Å². The van der Waals surface area contributed by atoms with Gasteiger partial charge in [0, 0.05) is 5.56 Å². The topological polar surface area (TPSA) is 60.7 Å². The lowest BCUT2D eigenvalue weighted by Crippen LogP contribution is -1.89. The van der Waals surface area contributed by atoms with Crippen LogP contribution in [0.4, 0.5) is 0 Å². The van der Waals surface area contributed by atoms with Gasteiger partial charge in [-0.2, -0.15) is 0 Å². The maximum Gasteiger partial charge on any atom is 0.131 e. The van der Waals surface area contributed by atoms with Gasteiger partial charge in [-0.15, -0.1) is 0 Å². The van der Waals surface area contributed by atoms with Crippen molar-refractivity contribution in [2.45, 2.75) is 6.92 Å². The molecule has 0 aliphatic rings. The third kappa shape index (κ3) is 3.18. The summed E-state index contributed by atoms with van der Waals surface area (Å²) in [7, 11) is 0. The molecule has 3 heteroatoms. The molecule has 0 fully saturated rings. The van der Waals surface area contributed by atoms with Gasteiger partial charge in [0.2, 0.25) is 0 Å². The van der Waals surface area contributed by atoms with Crippen LogP contribution in [0.2, 0.25) is 0 Å². The fourth-order valence-corrected chi connectivity index (χ4v) is 2.49. The summed E-state index contributed by atoms with van der Waals surface area (Å²) in [6.45, 7) is 1.91. The van der Waals surface area contributed by atoms with Crippen molar-refractivity contribution in [1.82, 2.24) is 0 Å². The molecule has 0 heterocycles. The first-order valence-electron chi connectivity index (χ1n) is 7.47. The number of hydrogen-bond acceptors (Lipinski definition) is 3. The molecule has 0 spiro atoms. The average Bonchev–Trinajstić information content (AvgIpc) is 2.57. The number of benzene rings is 3. The highest BCUT2D eigenvalue weighted by Crippen LogP contribution is 2.31. The molecule has 0 saturated heterocycles. The van der Waals surface area contributed by atoms with Crippen molar-refractivity contribution in [1.29, 1.82) is 0 Å². The van der Waals surface area contributed by atoms with Crippen LogP contribution >= 0.6 is 0 Å². The van der Waals surface area contributed by atoms with Crippen molar-refractivity contribution in [3.05, 3.63) is 77.4 Å². The Bertz CT molecular complexity index is 928. The molecule has 3 aromatic carbocycles. The van der Waals surface area contributed by atoms with Crippen molar-refractivity contribution >= 4 is 0 Å². The molecule has 3 nitrogen and oxygen atoms in total. The normalized spacial score (nSPS) is 10.0. The first kappa shape index (κ1) is 15.5. The van der Waals surface area contributed by atoms with Crippen LogP contribution in [0.25, 0.3) is 11.1 Å². The Hall–Kier alpha value is -3.38.